The van der Waals surface area contributed by atoms with Crippen LogP contribution in [-0.4, -0.2) is 19.5 Å². The molecular weight excluding hydrogens is 332 g/mol. The summed E-state index contributed by atoms with van der Waals surface area (Å²) in [5.74, 6) is 0.868. The second-order valence-corrected chi connectivity index (χ2v) is 7.03. The van der Waals surface area contributed by atoms with Gasteiger partial charge < -0.3 is 4.98 Å². The van der Waals surface area contributed by atoms with Gasteiger partial charge >= 0.3 is 0 Å². The number of hydrogen-bond acceptors (Lipinski definition) is 4. The van der Waals surface area contributed by atoms with Crippen molar-refractivity contribution in [2.24, 2.45) is 0 Å². The van der Waals surface area contributed by atoms with E-state index in [0.717, 1.165) is 27.3 Å². The fraction of sp³-hybridized carbons (Fsp3) is 0.211. The maximum absolute atomic E-state index is 13.0. The highest BCUT2D eigenvalue weighted by Crippen LogP contribution is 2.33. The lowest BCUT2D eigenvalue weighted by atomic mass is 9.99. The van der Waals surface area contributed by atoms with Crippen molar-refractivity contribution >= 4 is 21.6 Å². The first-order valence-electron chi connectivity index (χ1n) is 8.16. The van der Waals surface area contributed by atoms with E-state index in [-0.39, 0.29) is 5.56 Å². The Bertz CT molecular complexity index is 1090. The van der Waals surface area contributed by atoms with Gasteiger partial charge in [0.1, 0.15) is 10.7 Å². The Morgan fingerprint density at radius 2 is 2.08 bits per heavy atom. The maximum atomic E-state index is 13.0. The molecule has 0 saturated carbocycles. The van der Waals surface area contributed by atoms with Crippen molar-refractivity contribution in [3.63, 3.8) is 0 Å². The first kappa shape index (κ1) is 15.8. The lowest BCUT2D eigenvalue weighted by molar-refractivity contribution is 0.647. The second-order valence-electron chi connectivity index (χ2n) is 6.18. The number of benzene rings is 1. The third-order valence-corrected chi connectivity index (χ3v) is 5.27. The lowest BCUT2D eigenvalue weighted by Crippen LogP contribution is -2.21. The Morgan fingerprint density at radius 3 is 2.88 bits per heavy atom. The number of aromatic amines is 1. The van der Waals surface area contributed by atoms with E-state index >= 15 is 0 Å². The zero-order chi connectivity index (χ0) is 17.4. The molecule has 0 atom stereocenters. The number of thiophene rings is 1. The molecule has 0 aliphatic rings. The van der Waals surface area contributed by atoms with Gasteiger partial charge in [0.15, 0.2) is 0 Å². The summed E-state index contributed by atoms with van der Waals surface area (Å²) >= 11 is 1.52. The van der Waals surface area contributed by atoms with Gasteiger partial charge in [0.2, 0.25) is 0 Å². The van der Waals surface area contributed by atoms with E-state index in [1.54, 1.807) is 23.3 Å². The minimum Gasteiger partial charge on any atom is -0.349 e. The van der Waals surface area contributed by atoms with Gasteiger partial charge in [-0.25, -0.2) is 9.97 Å². The molecule has 0 bridgehead atoms. The number of nitrogens with zero attached hydrogens (tertiary/aromatic N) is 3. The average Bonchev–Trinajstić information content (AvgIpc) is 3.26. The van der Waals surface area contributed by atoms with Crippen LogP contribution in [0.1, 0.15) is 17.0 Å². The molecule has 0 unspecified atom stereocenters. The summed E-state index contributed by atoms with van der Waals surface area (Å²) in [5, 5.41) is 2.75. The van der Waals surface area contributed by atoms with Crippen molar-refractivity contribution in [3.05, 3.63) is 69.6 Å². The maximum Gasteiger partial charge on any atom is 0.262 e. The highest BCUT2D eigenvalue weighted by molar-refractivity contribution is 7.17. The van der Waals surface area contributed by atoms with Crippen LogP contribution >= 0.6 is 11.3 Å². The molecule has 0 aliphatic heterocycles. The van der Waals surface area contributed by atoms with Crippen LogP contribution in [0.15, 0.2) is 47.1 Å². The Kier molecular flexibility index (Phi) is 3.97. The lowest BCUT2D eigenvalue weighted by Gasteiger charge is -2.08. The molecule has 1 N–H and O–H groups in total. The van der Waals surface area contributed by atoms with E-state index in [1.165, 1.54) is 16.9 Å². The summed E-state index contributed by atoms with van der Waals surface area (Å²) in [6, 6.07) is 6.32. The average molecular weight is 350 g/mol. The molecule has 126 valence electrons. The van der Waals surface area contributed by atoms with E-state index in [2.05, 4.69) is 47.0 Å². The van der Waals surface area contributed by atoms with Gasteiger partial charge in [-0.05, 0) is 25.0 Å². The zero-order valence-corrected chi connectivity index (χ0v) is 14.9. The smallest absolute Gasteiger partial charge is 0.262 e. The van der Waals surface area contributed by atoms with Crippen molar-refractivity contribution in [2.75, 3.05) is 0 Å². The molecule has 1 aromatic carbocycles. The van der Waals surface area contributed by atoms with Crippen LogP contribution in [0.5, 0.6) is 0 Å². The van der Waals surface area contributed by atoms with Gasteiger partial charge in [0, 0.05) is 36.3 Å². The van der Waals surface area contributed by atoms with Crippen molar-refractivity contribution in [3.8, 4) is 11.1 Å². The number of H-pyrrole nitrogens is 1. The fourth-order valence-electron chi connectivity index (χ4n) is 3.01. The highest BCUT2D eigenvalue weighted by atomic mass is 32.1. The molecule has 0 spiro atoms. The minimum atomic E-state index is 0.00807. The van der Waals surface area contributed by atoms with E-state index in [0.29, 0.717) is 18.4 Å². The number of hydrogen-bond donors (Lipinski definition) is 1. The molecule has 4 aromatic rings. The van der Waals surface area contributed by atoms with Crippen LogP contribution < -0.4 is 5.56 Å². The first-order chi connectivity index (χ1) is 12.1. The van der Waals surface area contributed by atoms with Gasteiger partial charge in [-0.3, -0.25) is 9.36 Å². The number of aromatic nitrogens is 4. The van der Waals surface area contributed by atoms with Gasteiger partial charge in [0.25, 0.3) is 5.56 Å². The molecular formula is C19H18N4OS. The normalized spacial score (nSPS) is 11.3. The van der Waals surface area contributed by atoms with Gasteiger partial charge in [-0.1, -0.05) is 23.8 Å². The van der Waals surface area contributed by atoms with Crippen LogP contribution in [0.2, 0.25) is 0 Å². The third kappa shape index (κ3) is 2.89. The molecule has 0 radical (unpaired) electrons. The molecule has 6 heteroatoms. The van der Waals surface area contributed by atoms with Crippen LogP contribution in [0.3, 0.4) is 0 Å². The largest absolute Gasteiger partial charge is 0.349 e. The van der Waals surface area contributed by atoms with Crippen molar-refractivity contribution < 1.29 is 0 Å². The molecule has 0 aliphatic carbocycles. The number of nitrogens with one attached hydrogen (secondary N) is 1. The van der Waals surface area contributed by atoms with Crippen molar-refractivity contribution in [1.29, 1.82) is 0 Å². The standard InChI is InChI=1S/C19H18N4OS/c1-12-3-4-13(2)14(9-12)15-10-25-18-17(15)19(24)23(11-22-18)8-5-16-20-6-7-21-16/h3-4,6-7,9-11H,5,8H2,1-2H3,(H,20,21). The second kappa shape index (κ2) is 6.29. The third-order valence-electron chi connectivity index (χ3n) is 4.39. The van der Waals surface area contributed by atoms with Gasteiger partial charge in [-0.2, -0.15) is 0 Å². The van der Waals surface area contributed by atoms with Crippen LogP contribution in [0.25, 0.3) is 21.3 Å². The molecule has 3 heterocycles. The number of fused-ring (bicyclic) bond motifs is 1. The van der Waals surface area contributed by atoms with Crippen molar-refractivity contribution in [2.45, 2.75) is 26.8 Å². The molecule has 0 amide bonds. The summed E-state index contributed by atoms with van der Waals surface area (Å²) in [4.78, 5) is 25.6. The van der Waals surface area contributed by atoms with Crippen LogP contribution in [-0.2, 0) is 13.0 Å². The fourth-order valence-corrected chi connectivity index (χ4v) is 3.91. The first-order valence-corrected chi connectivity index (χ1v) is 9.04. The number of imidazole rings is 1. The molecule has 0 fully saturated rings. The highest BCUT2D eigenvalue weighted by Gasteiger charge is 2.15. The summed E-state index contributed by atoms with van der Waals surface area (Å²) in [6.07, 6.45) is 5.81. The van der Waals surface area contributed by atoms with Gasteiger partial charge in [-0.15, -0.1) is 11.3 Å². The van der Waals surface area contributed by atoms with Crippen LogP contribution in [0, 0.1) is 13.8 Å². The Labute approximate surface area is 149 Å². The molecule has 5 nitrogen and oxygen atoms in total. The summed E-state index contributed by atoms with van der Waals surface area (Å²) in [5.41, 5.74) is 4.44. The Balaban J connectivity index is 1.80. The van der Waals surface area contributed by atoms with Gasteiger partial charge in [0.05, 0.1) is 11.7 Å². The number of rotatable bonds is 4. The van der Waals surface area contributed by atoms with Crippen molar-refractivity contribution in [1.82, 2.24) is 19.5 Å². The number of aryl methyl sites for hydroxylation is 4. The molecule has 25 heavy (non-hydrogen) atoms. The van der Waals surface area contributed by atoms with Crippen LogP contribution in [0.4, 0.5) is 0 Å². The van der Waals surface area contributed by atoms with E-state index in [4.69, 9.17) is 0 Å². The van der Waals surface area contributed by atoms with E-state index in [1.807, 2.05) is 5.38 Å². The summed E-state index contributed by atoms with van der Waals surface area (Å²) in [7, 11) is 0. The molecule has 4 rings (SSSR count). The SMILES string of the molecule is Cc1ccc(C)c(-c2csc3ncn(CCc4ncc[nH]4)c(=O)c23)c1. The summed E-state index contributed by atoms with van der Waals surface area (Å²) < 4.78 is 1.67. The topological polar surface area (TPSA) is 63.6 Å². The van der Waals surface area contributed by atoms with E-state index in [9.17, 15) is 4.79 Å². The Hall–Kier alpha value is -2.73. The monoisotopic (exact) mass is 350 g/mol. The zero-order valence-electron chi connectivity index (χ0n) is 14.1. The summed E-state index contributed by atoms with van der Waals surface area (Å²) in [6.45, 7) is 4.69. The van der Waals surface area contributed by atoms with E-state index < -0.39 is 0 Å². The quantitative estimate of drug-likeness (QED) is 0.610. The molecule has 0 saturated heterocycles. The minimum absolute atomic E-state index is 0.00807. The predicted octanol–water partition coefficient (Wildman–Crippen LogP) is 3.71. The predicted molar refractivity (Wildman–Crippen MR) is 101 cm³/mol. The Morgan fingerprint density at radius 1 is 1.20 bits per heavy atom. The molecule has 3 aromatic heterocycles.